The van der Waals surface area contributed by atoms with Gasteiger partial charge in [-0.15, -0.1) is 0 Å². The highest BCUT2D eigenvalue weighted by atomic mass is 16.7. The molecule has 268 valence electrons. The summed E-state index contributed by atoms with van der Waals surface area (Å²) in [5, 5.41) is 85.8. The predicted molar refractivity (Wildman–Crippen MR) is 169 cm³/mol. The molecule has 11 nitrogen and oxygen atoms in total. The lowest BCUT2D eigenvalue weighted by molar-refractivity contribution is -0.298. The number of rotatable bonds is 4. The van der Waals surface area contributed by atoms with Gasteiger partial charge in [0.15, 0.2) is 0 Å². The third-order valence-electron chi connectivity index (χ3n) is 15.1. The second kappa shape index (κ2) is 11.4. The first-order valence-electron chi connectivity index (χ1n) is 17.6. The maximum Gasteiger partial charge on any atom is 0.315 e. The van der Waals surface area contributed by atoms with Gasteiger partial charge in [0.05, 0.1) is 36.9 Å². The Morgan fingerprint density at radius 1 is 0.851 bits per heavy atom. The van der Waals surface area contributed by atoms with E-state index in [1.165, 1.54) is 5.57 Å². The molecule has 4 saturated carbocycles. The predicted octanol–water partition coefficient (Wildman–Crippen LogP) is 1.41. The zero-order valence-corrected chi connectivity index (χ0v) is 28.8. The fourth-order valence-corrected chi connectivity index (χ4v) is 12.3. The van der Waals surface area contributed by atoms with Crippen molar-refractivity contribution in [1.82, 2.24) is 0 Å². The summed E-state index contributed by atoms with van der Waals surface area (Å²) in [6.45, 7) is 11.8. The standard InChI is InChI=1S/C36H58O11/c1-31(2)9-11-36(30(45)47-29-26(43)25(42)24(41)22(16-37)46-29)12-10-34(5)18(19(36)13-31)7-8-23-32(3)14-21(40)28(44)33(4,17-38)27(32)20(39)15-35(23,34)6/h7,19-29,37-44H,8-17H2,1-6H3/t19-,20-,21-,22+,23-,24+,25-,26+,27-,28+,29-,32+,33-,34+,35+,36-/m0/s1. The molecule has 0 bridgehead atoms. The molecule has 5 fully saturated rings. The van der Waals surface area contributed by atoms with Gasteiger partial charge in [-0.25, -0.2) is 0 Å². The second-order valence-electron chi connectivity index (χ2n) is 18.0. The van der Waals surface area contributed by atoms with E-state index in [4.69, 9.17) is 9.47 Å². The van der Waals surface area contributed by atoms with Crippen LogP contribution in [0.3, 0.4) is 0 Å². The van der Waals surface area contributed by atoms with Crippen molar-refractivity contribution < 1.29 is 55.1 Å². The summed E-state index contributed by atoms with van der Waals surface area (Å²) < 4.78 is 11.5. The first kappa shape index (κ1) is 35.7. The summed E-state index contributed by atoms with van der Waals surface area (Å²) in [5.74, 6) is -1.09. The molecule has 47 heavy (non-hydrogen) atoms. The van der Waals surface area contributed by atoms with E-state index in [-0.39, 0.29) is 23.9 Å². The van der Waals surface area contributed by atoms with Crippen molar-refractivity contribution in [3.63, 3.8) is 0 Å². The van der Waals surface area contributed by atoms with Crippen molar-refractivity contribution in [3.05, 3.63) is 11.6 Å². The Bertz CT molecular complexity index is 1270. The van der Waals surface area contributed by atoms with Crippen molar-refractivity contribution in [2.45, 2.75) is 142 Å². The lowest BCUT2D eigenvalue weighted by atomic mass is 9.33. The molecule has 16 atom stereocenters. The Hall–Kier alpha value is -1.15. The fraction of sp³-hybridized carbons (Fsp3) is 0.917. The highest BCUT2D eigenvalue weighted by Crippen LogP contribution is 2.75. The van der Waals surface area contributed by atoms with Crippen LogP contribution >= 0.6 is 0 Å². The summed E-state index contributed by atoms with van der Waals surface area (Å²) in [7, 11) is 0. The minimum Gasteiger partial charge on any atom is -0.432 e. The van der Waals surface area contributed by atoms with E-state index >= 15 is 0 Å². The van der Waals surface area contributed by atoms with E-state index in [1.807, 2.05) is 0 Å². The average molecular weight is 667 g/mol. The van der Waals surface area contributed by atoms with Crippen LogP contribution in [-0.2, 0) is 14.3 Å². The van der Waals surface area contributed by atoms with E-state index in [1.54, 1.807) is 6.92 Å². The third-order valence-corrected chi connectivity index (χ3v) is 15.1. The Morgan fingerprint density at radius 2 is 1.51 bits per heavy atom. The van der Waals surface area contributed by atoms with Gasteiger partial charge in [0.25, 0.3) is 0 Å². The van der Waals surface area contributed by atoms with Crippen LogP contribution in [0.4, 0.5) is 0 Å². The van der Waals surface area contributed by atoms with Gasteiger partial charge in [-0.05, 0) is 84.9 Å². The topological polar surface area (TPSA) is 197 Å². The van der Waals surface area contributed by atoms with E-state index in [0.717, 1.165) is 12.8 Å². The molecular weight excluding hydrogens is 608 g/mol. The third kappa shape index (κ3) is 4.81. The molecule has 0 unspecified atom stereocenters. The molecule has 1 heterocycles. The lowest BCUT2D eigenvalue weighted by Gasteiger charge is -2.72. The van der Waals surface area contributed by atoms with E-state index in [0.29, 0.717) is 38.5 Å². The van der Waals surface area contributed by atoms with Gasteiger partial charge in [-0.3, -0.25) is 4.79 Å². The number of carbonyl (C=O) groups is 1. The molecule has 1 aliphatic heterocycles. The number of fused-ring (bicyclic) bond motifs is 7. The van der Waals surface area contributed by atoms with Crippen molar-refractivity contribution in [2.24, 2.45) is 50.2 Å². The lowest BCUT2D eigenvalue weighted by Crippen LogP contribution is -2.71. The van der Waals surface area contributed by atoms with Crippen LogP contribution < -0.4 is 0 Å². The molecule has 6 rings (SSSR count). The number of esters is 1. The molecule has 6 aliphatic rings. The quantitative estimate of drug-likeness (QED) is 0.160. The van der Waals surface area contributed by atoms with Crippen molar-refractivity contribution in [2.75, 3.05) is 13.2 Å². The Morgan fingerprint density at radius 3 is 2.15 bits per heavy atom. The molecule has 0 aromatic rings. The van der Waals surface area contributed by atoms with Gasteiger partial charge in [0.1, 0.15) is 24.4 Å². The molecule has 0 aromatic heterocycles. The summed E-state index contributed by atoms with van der Waals surface area (Å²) in [5.41, 5.74) is -2.27. The number of hydrogen-bond donors (Lipinski definition) is 8. The fourth-order valence-electron chi connectivity index (χ4n) is 12.3. The van der Waals surface area contributed by atoms with Crippen LogP contribution in [0, 0.1) is 50.2 Å². The average Bonchev–Trinajstić information content (AvgIpc) is 3.00. The highest BCUT2D eigenvalue weighted by Gasteiger charge is 2.72. The molecule has 11 heteroatoms. The number of allylic oxidation sites excluding steroid dienone is 2. The normalized spacial score (nSPS) is 55.4. The van der Waals surface area contributed by atoms with Gasteiger partial charge in [0, 0.05) is 11.3 Å². The van der Waals surface area contributed by atoms with Crippen LogP contribution in [-0.4, -0.2) is 109 Å². The minimum atomic E-state index is -1.68. The van der Waals surface area contributed by atoms with Crippen molar-refractivity contribution in [3.8, 4) is 0 Å². The summed E-state index contributed by atoms with van der Waals surface area (Å²) in [4.78, 5) is 14.4. The molecule has 8 N–H and O–H groups in total. The van der Waals surface area contributed by atoms with Gasteiger partial charge in [0.2, 0.25) is 6.29 Å². The molecule has 0 aromatic carbocycles. The second-order valence-corrected chi connectivity index (χ2v) is 18.0. The van der Waals surface area contributed by atoms with Crippen LogP contribution in [0.2, 0.25) is 0 Å². The number of carbonyl (C=O) groups excluding carboxylic acids is 1. The molecule has 0 amide bonds. The smallest absolute Gasteiger partial charge is 0.315 e. The Balaban J connectivity index is 1.38. The SMILES string of the molecule is CC1(C)CC[C@]2(C(=O)O[C@@H]3O[C@H](CO)[C@@H](O)[C@H](O)[C@H]3O)CC[C@]3(C)C(=CC[C@H]4[C@@]5(C)C[C@H](O)[C@@H](O)[C@@](C)(CO)[C@H]5[C@@H](O)C[C@]43C)[C@@H]2C1. The van der Waals surface area contributed by atoms with E-state index < -0.39 is 94.6 Å². The van der Waals surface area contributed by atoms with Crippen molar-refractivity contribution >= 4 is 5.97 Å². The number of hydrogen-bond acceptors (Lipinski definition) is 11. The number of aliphatic hydroxyl groups is 8. The van der Waals surface area contributed by atoms with E-state index in [9.17, 15) is 45.6 Å². The summed E-state index contributed by atoms with van der Waals surface area (Å²) in [6, 6.07) is 0. The number of aliphatic hydroxyl groups excluding tert-OH is 8. The van der Waals surface area contributed by atoms with E-state index in [2.05, 4.69) is 40.7 Å². The zero-order valence-electron chi connectivity index (χ0n) is 28.8. The van der Waals surface area contributed by atoms with Crippen LogP contribution in [0.5, 0.6) is 0 Å². The highest BCUT2D eigenvalue weighted by molar-refractivity contribution is 5.79. The Labute approximate surface area is 278 Å². The molecule has 1 saturated heterocycles. The Kier molecular flexibility index (Phi) is 8.68. The van der Waals surface area contributed by atoms with Gasteiger partial charge in [-0.1, -0.05) is 53.2 Å². The molecule has 0 radical (unpaired) electrons. The van der Waals surface area contributed by atoms with Gasteiger partial charge < -0.3 is 50.3 Å². The summed E-state index contributed by atoms with van der Waals surface area (Å²) >= 11 is 0. The van der Waals surface area contributed by atoms with Crippen LogP contribution in [0.15, 0.2) is 11.6 Å². The van der Waals surface area contributed by atoms with Crippen LogP contribution in [0.1, 0.15) is 92.9 Å². The zero-order chi connectivity index (χ0) is 34.7. The molecule has 0 spiro atoms. The first-order chi connectivity index (χ1) is 21.8. The molecule has 5 aliphatic carbocycles. The minimum absolute atomic E-state index is 0.0374. The summed E-state index contributed by atoms with van der Waals surface area (Å²) in [6.07, 6.45) is -3.65. The van der Waals surface area contributed by atoms with Gasteiger partial charge >= 0.3 is 5.97 Å². The first-order valence-corrected chi connectivity index (χ1v) is 17.6. The van der Waals surface area contributed by atoms with Crippen molar-refractivity contribution in [1.29, 1.82) is 0 Å². The number of ether oxygens (including phenoxy) is 2. The maximum atomic E-state index is 14.4. The van der Waals surface area contributed by atoms with Crippen LogP contribution in [0.25, 0.3) is 0 Å². The maximum absolute atomic E-state index is 14.4. The monoisotopic (exact) mass is 666 g/mol. The largest absolute Gasteiger partial charge is 0.432 e. The molecular formula is C36H58O11. The van der Waals surface area contributed by atoms with Gasteiger partial charge in [-0.2, -0.15) is 0 Å².